The molecular formula is C14H22N4O. The molecule has 104 valence electrons. The van der Waals surface area contributed by atoms with Crippen LogP contribution in [-0.2, 0) is 0 Å². The summed E-state index contributed by atoms with van der Waals surface area (Å²) in [4.78, 5) is 6.35. The topological polar surface area (TPSA) is 72.2 Å². The van der Waals surface area contributed by atoms with Crippen molar-refractivity contribution in [3.05, 3.63) is 23.4 Å². The highest BCUT2D eigenvalue weighted by Crippen LogP contribution is 2.18. The van der Waals surface area contributed by atoms with Crippen molar-refractivity contribution in [3.8, 4) is 6.07 Å². The van der Waals surface area contributed by atoms with E-state index < -0.39 is 6.10 Å². The van der Waals surface area contributed by atoms with Gasteiger partial charge in [0.2, 0.25) is 0 Å². The maximum absolute atomic E-state index is 9.81. The number of anilines is 1. The lowest BCUT2D eigenvalue weighted by atomic mass is 10.1. The fourth-order valence-corrected chi connectivity index (χ4v) is 1.72. The minimum absolute atomic E-state index is 0.306. The van der Waals surface area contributed by atoms with Crippen LogP contribution >= 0.6 is 0 Å². The fourth-order valence-electron chi connectivity index (χ4n) is 1.72. The molecule has 1 heterocycles. The van der Waals surface area contributed by atoms with Gasteiger partial charge in [0.05, 0.1) is 11.7 Å². The molecule has 0 aromatic carbocycles. The van der Waals surface area contributed by atoms with E-state index in [-0.39, 0.29) is 0 Å². The van der Waals surface area contributed by atoms with Crippen molar-refractivity contribution < 1.29 is 5.11 Å². The van der Waals surface area contributed by atoms with Crippen LogP contribution in [0.25, 0.3) is 0 Å². The molecule has 0 aliphatic rings. The molecule has 0 saturated heterocycles. The summed E-state index contributed by atoms with van der Waals surface area (Å²) in [7, 11) is 3.81. The fraction of sp³-hybridized carbons (Fsp3) is 0.571. The molecule has 0 radical (unpaired) electrons. The average Bonchev–Trinajstić information content (AvgIpc) is 2.35. The second-order valence-corrected chi connectivity index (χ2v) is 5.20. The lowest BCUT2D eigenvalue weighted by Crippen LogP contribution is -2.31. The van der Waals surface area contributed by atoms with E-state index in [9.17, 15) is 5.11 Å². The van der Waals surface area contributed by atoms with Gasteiger partial charge in [-0.25, -0.2) is 4.98 Å². The molecule has 0 saturated carbocycles. The number of likely N-dealkylation sites (N-methyl/N-ethyl adjacent to an activating group) is 1. The number of hydrogen-bond donors (Lipinski definition) is 2. The molecule has 0 aliphatic heterocycles. The second-order valence-electron chi connectivity index (χ2n) is 5.20. The number of aliphatic hydroxyl groups is 1. The van der Waals surface area contributed by atoms with Gasteiger partial charge in [-0.1, -0.05) is 13.8 Å². The van der Waals surface area contributed by atoms with E-state index in [4.69, 9.17) is 5.26 Å². The second kappa shape index (κ2) is 7.07. The Morgan fingerprint density at radius 1 is 1.42 bits per heavy atom. The Kier molecular flexibility index (Phi) is 5.74. The summed E-state index contributed by atoms with van der Waals surface area (Å²) in [6.07, 6.45) is -0.494. The molecule has 0 aliphatic carbocycles. The Morgan fingerprint density at radius 3 is 2.63 bits per heavy atom. The predicted molar refractivity (Wildman–Crippen MR) is 76.1 cm³/mol. The van der Waals surface area contributed by atoms with Gasteiger partial charge in [-0.05, 0) is 32.1 Å². The van der Waals surface area contributed by atoms with Crippen molar-refractivity contribution in [1.29, 1.82) is 5.26 Å². The van der Waals surface area contributed by atoms with E-state index in [1.165, 1.54) is 0 Å². The summed E-state index contributed by atoms with van der Waals surface area (Å²) in [5, 5.41) is 21.9. The van der Waals surface area contributed by atoms with Crippen LogP contribution in [0.5, 0.6) is 0 Å². The predicted octanol–water partition coefficient (Wildman–Crippen LogP) is 1.41. The minimum atomic E-state index is -0.494. The van der Waals surface area contributed by atoms with E-state index in [0.29, 0.717) is 30.4 Å². The van der Waals surface area contributed by atoms with Gasteiger partial charge in [0.25, 0.3) is 0 Å². The molecule has 1 aromatic heterocycles. The van der Waals surface area contributed by atoms with Gasteiger partial charge in [0, 0.05) is 18.8 Å². The van der Waals surface area contributed by atoms with Crippen molar-refractivity contribution in [2.45, 2.75) is 25.9 Å². The smallest absolute Gasteiger partial charge is 0.144 e. The molecule has 1 rings (SSSR count). The molecule has 1 aromatic rings. The number of hydrogen-bond acceptors (Lipinski definition) is 5. The minimum Gasteiger partial charge on any atom is -0.390 e. The number of rotatable bonds is 6. The maximum atomic E-state index is 9.81. The van der Waals surface area contributed by atoms with E-state index in [1.54, 1.807) is 6.07 Å². The average molecular weight is 262 g/mol. The third kappa shape index (κ3) is 4.86. The summed E-state index contributed by atoms with van der Waals surface area (Å²) in [5.41, 5.74) is 1.44. The molecule has 0 fully saturated rings. The van der Waals surface area contributed by atoms with Crippen molar-refractivity contribution in [3.63, 3.8) is 0 Å². The number of pyridine rings is 1. The van der Waals surface area contributed by atoms with Gasteiger partial charge < -0.3 is 15.3 Å². The molecule has 19 heavy (non-hydrogen) atoms. The first-order chi connectivity index (χ1) is 8.93. The molecule has 0 spiro atoms. The lowest BCUT2D eigenvalue weighted by molar-refractivity contribution is 0.148. The van der Waals surface area contributed by atoms with Crippen LogP contribution in [-0.4, -0.2) is 48.3 Å². The normalized spacial score (nSPS) is 12.5. The monoisotopic (exact) mass is 262 g/mol. The van der Waals surface area contributed by atoms with Crippen LogP contribution in [0, 0.1) is 11.3 Å². The van der Waals surface area contributed by atoms with Crippen molar-refractivity contribution in [2.75, 3.05) is 32.5 Å². The largest absolute Gasteiger partial charge is 0.390 e. The van der Waals surface area contributed by atoms with Gasteiger partial charge >= 0.3 is 0 Å². The number of nitrogens with zero attached hydrogens (tertiary/aromatic N) is 3. The van der Waals surface area contributed by atoms with Gasteiger partial charge in [-0.3, -0.25) is 0 Å². The molecular weight excluding hydrogens is 240 g/mol. The van der Waals surface area contributed by atoms with Crippen LogP contribution in [0.15, 0.2) is 12.1 Å². The van der Waals surface area contributed by atoms with Gasteiger partial charge in [0.1, 0.15) is 11.9 Å². The summed E-state index contributed by atoms with van der Waals surface area (Å²) >= 11 is 0. The van der Waals surface area contributed by atoms with Gasteiger partial charge in [0.15, 0.2) is 0 Å². The highest BCUT2D eigenvalue weighted by Gasteiger charge is 2.10. The van der Waals surface area contributed by atoms with Crippen LogP contribution in [0.1, 0.15) is 31.0 Å². The van der Waals surface area contributed by atoms with Crippen LogP contribution in [0.2, 0.25) is 0 Å². The Hall–Kier alpha value is -1.64. The summed E-state index contributed by atoms with van der Waals surface area (Å²) in [6, 6.07) is 5.74. The van der Waals surface area contributed by atoms with E-state index >= 15 is 0 Å². The first-order valence-electron chi connectivity index (χ1n) is 6.41. The van der Waals surface area contributed by atoms with Crippen molar-refractivity contribution in [2.24, 2.45) is 0 Å². The Bertz CT molecular complexity index is 451. The summed E-state index contributed by atoms with van der Waals surface area (Å²) < 4.78 is 0. The number of nitriles is 1. The molecule has 5 heteroatoms. The molecule has 0 amide bonds. The first-order valence-corrected chi connectivity index (χ1v) is 6.41. The van der Waals surface area contributed by atoms with Crippen molar-refractivity contribution >= 4 is 5.82 Å². The van der Waals surface area contributed by atoms with Crippen LogP contribution in [0.4, 0.5) is 5.82 Å². The Labute approximate surface area is 114 Å². The standard InChI is InChI=1S/C14H22N4O/c1-10(2)13-6-5-11(7-15)14(17-13)16-8-12(19)9-18(3)4/h5-6,10,12,19H,8-9H2,1-4H3,(H,16,17)/t12-/m1/s1. The van der Waals surface area contributed by atoms with Crippen LogP contribution < -0.4 is 5.32 Å². The number of aliphatic hydroxyl groups excluding tert-OH is 1. The van der Waals surface area contributed by atoms with E-state index in [1.807, 2.05) is 25.1 Å². The highest BCUT2D eigenvalue weighted by molar-refractivity contribution is 5.52. The zero-order chi connectivity index (χ0) is 14.4. The SMILES string of the molecule is CC(C)c1ccc(C#N)c(NC[C@@H](O)CN(C)C)n1. The lowest BCUT2D eigenvalue weighted by Gasteiger charge is -2.17. The summed E-state index contributed by atoms with van der Waals surface area (Å²) in [6.45, 7) is 5.05. The molecule has 0 unspecified atom stereocenters. The molecule has 5 nitrogen and oxygen atoms in total. The van der Waals surface area contributed by atoms with Crippen molar-refractivity contribution in [1.82, 2.24) is 9.88 Å². The first kappa shape index (κ1) is 15.4. The maximum Gasteiger partial charge on any atom is 0.144 e. The number of nitrogens with one attached hydrogen (secondary N) is 1. The Morgan fingerprint density at radius 2 is 2.11 bits per heavy atom. The molecule has 0 bridgehead atoms. The van der Waals surface area contributed by atoms with Gasteiger partial charge in [-0.15, -0.1) is 0 Å². The molecule has 1 atom stereocenters. The van der Waals surface area contributed by atoms with Gasteiger partial charge in [-0.2, -0.15) is 5.26 Å². The Balaban J connectivity index is 2.76. The zero-order valence-corrected chi connectivity index (χ0v) is 12.0. The summed E-state index contributed by atoms with van der Waals surface area (Å²) in [5.74, 6) is 0.853. The molecule has 2 N–H and O–H groups in total. The third-order valence-electron chi connectivity index (χ3n) is 2.71. The van der Waals surface area contributed by atoms with E-state index in [2.05, 4.69) is 30.2 Å². The number of aromatic nitrogens is 1. The zero-order valence-electron chi connectivity index (χ0n) is 12.0. The van der Waals surface area contributed by atoms with Crippen LogP contribution in [0.3, 0.4) is 0 Å². The van der Waals surface area contributed by atoms with E-state index in [0.717, 1.165) is 5.69 Å². The third-order valence-corrected chi connectivity index (χ3v) is 2.71. The quantitative estimate of drug-likeness (QED) is 0.811. The highest BCUT2D eigenvalue weighted by atomic mass is 16.3.